The number of nitrogens with two attached hydrogens (primary N) is 1. The predicted molar refractivity (Wildman–Crippen MR) is 205 cm³/mol. The van der Waals surface area contributed by atoms with Gasteiger partial charge in [-0.3, -0.25) is 19.4 Å². The van der Waals surface area contributed by atoms with E-state index in [9.17, 15) is 4.79 Å². The number of rotatable bonds is 7. The fourth-order valence-corrected chi connectivity index (χ4v) is 7.02. The Hall–Kier alpha value is -6.22. The molecule has 1 amide bonds. The number of amides is 1. The third kappa shape index (κ3) is 6.12. The summed E-state index contributed by atoms with van der Waals surface area (Å²) in [6.45, 7) is 7.34. The Balaban J connectivity index is 0.000000141. The highest BCUT2D eigenvalue weighted by Gasteiger charge is 2.32. The molecular weight excluding hydrogens is 707 g/mol. The zero-order valence-corrected chi connectivity index (χ0v) is 29.6. The van der Waals surface area contributed by atoms with Crippen LogP contribution in [0.15, 0.2) is 97.6 Å². The lowest BCUT2D eigenvalue weighted by atomic mass is 9.98. The van der Waals surface area contributed by atoms with Crippen molar-refractivity contribution in [2.75, 3.05) is 0 Å². The largest absolute Gasteiger partial charge is 0.364 e. The number of hydrogen-bond acceptors (Lipinski definition) is 5. The second-order valence-electron chi connectivity index (χ2n) is 13.3. The maximum absolute atomic E-state index is 11.7. The molecule has 2 aromatic carbocycles. The maximum Gasteiger partial charge on any atom is 0.267 e. The molecule has 0 aliphatic heterocycles. The Labute approximate surface area is 313 Å². The van der Waals surface area contributed by atoms with E-state index in [1.807, 2.05) is 89.6 Å². The van der Waals surface area contributed by atoms with Gasteiger partial charge in [0, 0.05) is 78.9 Å². The second-order valence-corrected chi connectivity index (χ2v) is 14.2. The SMILES string of the molecule is NC(=O)c1cnc2ccc(-c3c(-c4ccc(Cl)cc4)n[nH]c3C3CC3)cn12.[C-]#[N+]c1cnc2ccc(-c3c(-c4ccc(Cl)cc4)n[nH]c3C3CC3)cn12. The molecule has 260 valence electrons. The fraction of sp³-hybridized carbons (Fsp3) is 0.150. The number of nitrogens with one attached hydrogen (secondary N) is 2. The predicted octanol–water partition coefficient (Wildman–Crippen LogP) is 9.49. The van der Waals surface area contributed by atoms with Crippen LogP contribution >= 0.6 is 23.2 Å². The van der Waals surface area contributed by atoms with E-state index in [2.05, 4.69) is 35.2 Å². The minimum absolute atomic E-state index is 0.358. The molecule has 8 aromatic rings. The molecule has 2 saturated carbocycles. The molecule has 11 nitrogen and oxygen atoms in total. The summed E-state index contributed by atoms with van der Waals surface area (Å²) in [7, 11) is 0. The number of primary amides is 1. The average molecular weight is 738 g/mol. The van der Waals surface area contributed by atoms with Crippen molar-refractivity contribution in [1.82, 2.24) is 39.2 Å². The first kappa shape index (κ1) is 32.7. The summed E-state index contributed by atoms with van der Waals surface area (Å²) in [6.07, 6.45) is 11.6. The number of H-pyrrole nitrogens is 2. The highest BCUT2D eigenvalue weighted by molar-refractivity contribution is 6.31. The molecule has 0 bridgehead atoms. The standard InChI is InChI=1S/C20H16ClN5O.C20H14ClN5/c21-14-6-3-12(4-7-14)19-17(18(24-25-19)11-1-2-11)13-5-8-16-23-9-15(20(22)27)26(16)10-13;1-22-17-10-23-16-9-6-14(11-26(16)17)18-19(12-2-3-12)24-25-20(18)13-4-7-15(21)8-5-13/h3-11H,1-2H2,(H2,22,27)(H,24,25);4-12H,2-3H2,(H,24,25). The van der Waals surface area contributed by atoms with Crippen LogP contribution in [0.3, 0.4) is 0 Å². The maximum atomic E-state index is 11.7. The molecule has 10 rings (SSSR count). The van der Waals surface area contributed by atoms with Gasteiger partial charge in [-0.15, -0.1) is 0 Å². The van der Waals surface area contributed by atoms with Crippen molar-refractivity contribution < 1.29 is 4.79 Å². The first-order chi connectivity index (χ1) is 25.9. The summed E-state index contributed by atoms with van der Waals surface area (Å²) in [6, 6.07) is 23.2. The van der Waals surface area contributed by atoms with Gasteiger partial charge < -0.3 is 10.6 Å². The third-order valence-electron chi connectivity index (χ3n) is 9.73. The van der Waals surface area contributed by atoms with Crippen molar-refractivity contribution >= 4 is 46.2 Å². The number of benzene rings is 2. The quantitative estimate of drug-likeness (QED) is 0.140. The molecular formula is C40H30Cl2N10O. The van der Waals surface area contributed by atoms with Crippen molar-refractivity contribution in [3.05, 3.63) is 136 Å². The lowest BCUT2D eigenvalue weighted by Gasteiger charge is -2.08. The Kier molecular flexibility index (Phi) is 8.06. The van der Waals surface area contributed by atoms with E-state index in [-0.39, 0.29) is 0 Å². The van der Waals surface area contributed by atoms with Gasteiger partial charge in [-0.1, -0.05) is 54.0 Å². The number of imidazole rings is 2. The number of hydrogen-bond donors (Lipinski definition) is 3. The van der Waals surface area contributed by atoms with Crippen LogP contribution in [0.2, 0.25) is 10.0 Å². The van der Waals surface area contributed by atoms with Gasteiger partial charge in [0.2, 0.25) is 5.65 Å². The molecule has 6 heterocycles. The molecule has 2 aliphatic rings. The Bertz CT molecular complexity index is 2710. The normalized spacial score (nSPS) is 13.9. The highest BCUT2D eigenvalue weighted by Crippen LogP contribution is 2.47. The van der Waals surface area contributed by atoms with E-state index >= 15 is 0 Å². The van der Waals surface area contributed by atoms with Crippen LogP contribution in [0.5, 0.6) is 0 Å². The molecule has 4 N–H and O–H groups in total. The smallest absolute Gasteiger partial charge is 0.267 e. The Morgan fingerprint density at radius 2 is 1.13 bits per heavy atom. The van der Waals surface area contributed by atoms with Crippen molar-refractivity contribution in [3.8, 4) is 44.8 Å². The summed E-state index contributed by atoms with van der Waals surface area (Å²) in [5.41, 5.74) is 17.5. The van der Waals surface area contributed by atoms with Gasteiger partial charge in [0.05, 0.1) is 18.6 Å². The first-order valence-electron chi connectivity index (χ1n) is 17.2. The van der Waals surface area contributed by atoms with Crippen LogP contribution in [0.4, 0.5) is 5.82 Å². The van der Waals surface area contributed by atoms with E-state index in [4.69, 9.17) is 35.5 Å². The number of halogens is 2. The molecule has 53 heavy (non-hydrogen) atoms. The molecule has 0 spiro atoms. The van der Waals surface area contributed by atoms with Crippen LogP contribution < -0.4 is 5.73 Å². The van der Waals surface area contributed by atoms with Crippen LogP contribution in [0, 0.1) is 6.57 Å². The number of aromatic amines is 2. The first-order valence-corrected chi connectivity index (χ1v) is 17.9. The van der Waals surface area contributed by atoms with Gasteiger partial charge in [-0.05, 0) is 68.1 Å². The second kappa shape index (κ2) is 13.1. The van der Waals surface area contributed by atoms with E-state index in [0.717, 1.165) is 69.0 Å². The zero-order valence-electron chi connectivity index (χ0n) is 28.1. The molecule has 0 unspecified atom stereocenters. The topological polar surface area (TPSA) is 139 Å². The van der Waals surface area contributed by atoms with Crippen LogP contribution in [0.1, 0.15) is 59.4 Å². The van der Waals surface area contributed by atoms with Crippen molar-refractivity contribution in [3.63, 3.8) is 0 Å². The Morgan fingerprint density at radius 3 is 1.60 bits per heavy atom. The summed E-state index contributed by atoms with van der Waals surface area (Å²) in [5.74, 6) is 1.01. The third-order valence-corrected chi connectivity index (χ3v) is 10.2. The molecule has 0 atom stereocenters. The van der Waals surface area contributed by atoms with Crippen LogP contribution in [-0.4, -0.2) is 45.1 Å². The summed E-state index contributed by atoms with van der Waals surface area (Å²) in [5, 5.41) is 17.1. The molecule has 2 fully saturated rings. The van der Waals surface area contributed by atoms with Gasteiger partial charge >= 0.3 is 0 Å². The number of fused-ring (bicyclic) bond motifs is 2. The molecule has 2 aliphatic carbocycles. The van der Waals surface area contributed by atoms with E-state index < -0.39 is 5.91 Å². The number of aromatic nitrogens is 8. The van der Waals surface area contributed by atoms with Gasteiger partial charge in [0.15, 0.2) is 0 Å². The van der Waals surface area contributed by atoms with Gasteiger partial charge in [0.1, 0.15) is 22.7 Å². The minimum atomic E-state index is -0.507. The van der Waals surface area contributed by atoms with Gasteiger partial charge in [0.25, 0.3) is 11.7 Å². The summed E-state index contributed by atoms with van der Waals surface area (Å²) >= 11 is 12.1. The lowest BCUT2D eigenvalue weighted by molar-refractivity contribution is 0.0994. The van der Waals surface area contributed by atoms with Gasteiger partial charge in [-0.2, -0.15) is 10.2 Å². The average Bonchev–Trinajstić information content (AvgIpc) is 4.01. The van der Waals surface area contributed by atoms with Crippen LogP contribution in [-0.2, 0) is 0 Å². The minimum Gasteiger partial charge on any atom is -0.364 e. The zero-order chi connectivity index (χ0) is 36.2. The molecule has 0 radical (unpaired) electrons. The number of carbonyl (C=O) groups excluding carboxylic acids is 1. The van der Waals surface area contributed by atoms with Crippen molar-refractivity contribution in [2.24, 2.45) is 5.73 Å². The molecule has 0 saturated heterocycles. The van der Waals surface area contributed by atoms with Crippen molar-refractivity contribution in [1.29, 1.82) is 0 Å². The highest BCUT2D eigenvalue weighted by atomic mass is 35.5. The molecule has 6 aromatic heterocycles. The number of carbonyl (C=O) groups is 1. The van der Waals surface area contributed by atoms with Crippen LogP contribution in [0.25, 0.3) is 60.9 Å². The fourth-order valence-electron chi connectivity index (χ4n) is 6.77. The van der Waals surface area contributed by atoms with Gasteiger partial charge in [-0.25, -0.2) is 14.4 Å². The van der Waals surface area contributed by atoms with E-state index in [1.165, 1.54) is 24.7 Å². The molecule has 13 heteroatoms. The summed E-state index contributed by atoms with van der Waals surface area (Å²) < 4.78 is 3.56. The lowest BCUT2D eigenvalue weighted by Crippen LogP contribution is -2.13. The number of pyridine rings is 2. The Morgan fingerprint density at radius 1 is 0.679 bits per heavy atom. The van der Waals surface area contributed by atoms with Crippen molar-refractivity contribution in [2.45, 2.75) is 37.5 Å². The van der Waals surface area contributed by atoms with E-state index in [0.29, 0.717) is 39.0 Å². The summed E-state index contributed by atoms with van der Waals surface area (Å²) in [4.78, 5) is 23.8. The number of nitrogens with zero attached hydrogens (tertiary/aromatic N) is 7. The van der Waals surface area contributed by atoms with E-state index in [1.54, 1.807) is 10.6 Å². The monoisotopic (exact) mass is 736 g/mol.